The van der Waals surface area contributed by atoms with Gasteiger partial charge in [-0.1, -0.05) is 166 Å². The van der Waals surface area contributed by atoms with E-state index in [1.807, 2.05) is 0 Å². The number of aromatic nitrogens is 1. The zero-order chi connectivity index (χ0) is 34.6. The molecular formula is C51H35N. The van der Waals surface area contributed by atoms with E-state index in [-0.39, 0.29) is 5.41 Å². The van der Waals surface area contributed by atoms with Crippen molar-refractivity contribution in [2.45, 2.75) is 19.3 Å². The molecule has 0 N–H and O–H groups in total. The fourth-order valence-electron chi connectivity index (χ4n) is 9.30. The molecule has 0 atom stereocenters. The predicted octanol–water partition coefficient (Wildman–Crippen LogP) is 13.8. The van der Waals surface area contributed by atoms with Crippen molar-refractivity contribution in [2.75, 3.05) is 0 Å². The van der Waals surface area contributed by atoms with Crippen LogP contribution in [0.3, 0.4) is 0 Å². The summed E-state index contributed by atoms with van der Waals surface area (Å²) in [6.45, 7) is 4.79. The molecule has 9 aromatic carbocycles. The molecule has 0 saturated carbocycles. The smallest absolute Gasteiger partial charge is 0.0585 e. The first kappa shape index (κ1) is 29.3. The zero-order valence-electron chi connectivity index (χ0n) is 29.2. The van der Waals surface area contributed by atoms with Gasteiger partial charge in [-0.3, -0.25) is 0 Å². The summed E-state index contributed by atoms with van der Waals surface area (Å²) in [4.78, 5) is 0. The monoisotopic (exact) mass is 661 g/mol. The molecule has 1 heterocycles. The number of hydrogen-bond acceptors (Lipinski definition) is 0. The zero-order valence-corrected chi connectivity index (χ0v) is 29.2. The molecule has 1 nitrogen and oxygen atoms in total. The minimum absolute atomic E-state index is 0.150. The van der Waals surface area contributed by atoms with Crippen LogP contribution in [0.5, 0.6) is 0 Å². The summed E-state index contributed by atoms with van der Waals surface area (Å²) in [5.41, 5.74) is 15.0. The molecule has 1 heteroatoms. The van der Waals surface area contributed by atoms with Crippen LogP contribution in [0.15, 0.2) is 176 Å². The van der Waals surface area contributed by atoms with Crippen molar-refractivity contribution in [3.8, 4) is 50.3 Å². The van der Waals surface area contributed by atoms with E-state index in [0.717, 1.165) is 0 Å². The summed E-state index contributed by atoms with van der Waals surface area (Å²) in [6, 6.07) is 65.4. The number of hydrogen-bond donors (Lipinski definition) is 0. The predicted molar refractivity (Wildman–Crippen MR) is 221 cm³/mol. The van der Waals surface area contributed by atoms with E-state index in [1.54, 1.807) is 0 Å². The third-order valence-corrected chi connectivity index (χ3v) is 11.7. The van der Waals surface area contributed by atoms with Gasteiger partial charge in [-0.2, -0.15) is 0 Å². The Morgan fingerprint density at radius 1 is 0.404 bits per heavy atom. The largest absolute Gasteiger partial charge is 0.309 e. The van der Waals surface area contributed by atoms with Gasteiger partial charge in [0, 0.05) is 22.1 Å². The van der Waals surface area contributed by atoms with Crippen molar-refractivity contribution in [2.24, 2.45) is 0 Å². The van der Waals surface area contributed by atoms with Crippen molar-refractivity contribution in [3.05, 3.63) is 187 Å². The fourth-order valence-corrected chi connectivity index (χ4v) is 9.30. The summed E-state index contributed by atoms with van der Waals surface area (Å²) in [5.74, 6) is 0. The van der Waals surface area contributed by atoms with Crippen LogP contribution in [-0.4, -0.2) is 4.57 Å². The molecular weight excluding hydrogens is 627 g/mol. The topological polar surface area (TPSA) is 4.93 Å². The van der Waals surface area contributed by atoms with Crippen LogP contribution in [0.4, 0.5) is 0 Å². The van der Waals surface area contributed by atoms with Crippen molar-refractivity contribution < 1.29 is 0 Å². The Labute approximate surface area is 303 Å². The van der Waals surface area contributed by atoms with Crippen LogP contribution >= 0.6 is 0 Å². The van der Waals surface area contributed by atoms with E-state index in [2.05, 4.69) is 194 Å². The van der Waals surface area contributed by atoms with Gasteiger partial charge in [0.05, 0.1) is 11.2 Å². The molecule has 0 amide bonds. The van der Waals surface area contributed by atoms with E-state index >= 15 is 0 Å². The van der Waals surface area contributed by atoms with Gasteiger partial charge < -0.3 is 4.57 Å². The van der Waals surface area contributed by atoms with Gasteiger partial charge in [0.2, 0.25) is 0 Å². The van der Waals surface area contributed by atoms with Gasteiger partial charge in [-0.05, 0) is 101 Å². The second kappa shape index (κ2) is 10.8. The highest BCUT2D eigenvalue weighted by Gasteiger charge is 2.40. The normalized spacial score (nSPS) is 13.3. The van der Waals surface area contributed by atoms with E-state index in [9.17, 15) is 0 Å². The van der Waals surface area contributed by atoms with Crippen LogP contribution in [-0.2, 0) is 5.41 Å². The molecule has 1 aliphatic rings. The van der Waals surface area contributed by atoms with Gasteiger partial charge in [0.15, 0.2) is 0 Å². The van der Waals surface area contributed by atoms with Crippen molar-refractivity contribution in [1.29, 1.82) is 0 Å². The molecule has 0 aliphatic heterocycles. The van der Waals surface area contributed by atoms with E-state index < -0.39 is 0 Å². The van der Waals surface area contributed by atoms with Gasteiger partial charge >= 0.3 is 0 Å². The molecule has 11 rings (SSSR count). The summed E-state index contributed by atoms with van der Waals surface area (Å²) >= 11 is 0. The summed E-state index contributed by atoms with van der Waals surface area (Å²) in [7, 11) is 0. The summed E-state index contributed by atoms with van der Waals surface area (Å²) in [5, 5.41) is 9.19. The first-order valence-electron chi connectivity index (χ1n) is 18.3. The Hall–Kier alpha value is -6.44. The molecule has 1 aliphatic carbocycles. The van der Waals surface area contributed by atoms with Gasteiger partial charge in [-0.25, -0.2) is 0 Å². The van der Waals surface area contributed by atoms with Crippen molar-refractivity contribution in [1.82, 2.24) is 4.57 Å². The Bertz CT molecular complexity index is 2940. The molecule has 0 spiro atoms. The van der Waals surface area contributed by atoms with E-state index in [1.165, 1.54) is 105 Å². The standard InChI is InChI=1S/C51H35N/c1-51(2)45-19-10-9-18-43(45)50-49(51)44-27-24-37(41-25-22-36-21-20-34-16-11-17-35-23-26-42(41)48(36)47(34)35)31-46(44)52(50)40-29-38(32-12-5-3-6-13-32)28-39(30-40)33-14-7-4-8-15-33/h3-31H,1-2H3. The van der Waals surface area contributed by atoms with Crippen LogP contribution in [0.1, 0.15) is 25.0 Å². The minimum atomic E-state index is -0.150. The lowest BCUT2D eigenvalue weighted by molar-refractivity contribution is 0.666. The molecule has 1 aromatic heterocycles. The molecule has 244 valence electrons. The Morgan fingerprint density at radius 2 is 1.00 bits per heavy atom. The maximum absolute atomic E-state index is 2.57. The van der Waals surface area contributed by atoms with Crippen LogP contribution in [0, 0.1) is 0 Å². The number of rotatable bonds is 4. The summed E-state index contributed by atoms with van der Waals surface area (Å²) < 4.78 is 2.57. The number of fused-ring (bicyclic) bond motifs is 5. The van der Waals surface area contributed by atoms with Crippen molar-refractivity contribution >= 4 is 43.2 Å². The minimum Gasteiger partial charge on any atom is -0.309 e. The fraction of sp³-hybridized carbons (Fsp3) is 0.0588. The molecule has 0 unspecified atom stereocenters. The average molecular weight is 662 g/mol. The second-order valence-electron chi connectivity index (χ2n) is 14.9. The highest BCUT2D eigenvalue weighted by Crippen LogP contribution is 2.54. The number of nitrogens with zero attached hydrogens (tertiary/aromatic N) is 1. The number of benzene rings is 9. The third kappa shape index (κ3) is 4.11. The third-order valence-electron chi connectivity index (χ3n) is 11.7. The Morgan fingerprint density at radius 3 is 1.71 bits per heavy atom. The lowest BCUT2D eigenvalue weighted by Crippen LogP contribution is -2.14. The SMILES string of the molecule is CC1(C)c2ccccc2-c2c1c1ccc(-c3ccc4ccc5cccc6ccc3c4c56)cc1n2-c1cc(-c2ccccc2)cc(-c2ccccc2)c1. The average Bonchev–Trinajstić information content (AvgIpc) is 3.67. The van der Waals surface area contributed by atoms with Gasteiger partial charge in [0.25, 0.3) is 0 Å². The first-order valence-corrected chi connectivity index (χ1v) is 18.3. The first-order chi connectivity index (χ1) is 25.5. The molecule has 52 heavy (non-hydrogen) atoms. The van der Waals surface area contributed by atoms with Gasteiger partial charge in [-0.15, -0.1) is 0 Å². The van der Waals surface area contributed by atoms with Crippen molar-refractivity contribution in [3.63, 3.8) is 0 Å². The highest BCUT2D eigenvalue weighted by atomic mass is 15.0. The van der Waals surface area contributed by atoms with Crippen LogP contribution in [0.25, 0.3) is 93.5 Å². The maximum atomic E-state index is 2.57. The quantitative estimate of drug-likeness (QED) is 0.165. The Balaban J connectivity index is 1.24. The molecule has 10 aromatic rings. The van der Waals surface area contributed by atoms with E-state index in [0.29, 0.717) is 0 Å². The molecule has 0 bridgehead atoms. The van der Waals surface area contributed by atoms with Crippen LogP contribution < -0.4 is 0 Å². The highest BCUT2D eigenvalue weighted by molar-refractivity contribution is 6.25. The lowest BCUT2D eigenvalue weighted by Gasteiger charge is -2.21. The molecule has 0 radical (unpaired) electrons. The second-order valence-corrected chi connectivity index (χ2v) is 14.9. The molecule has 0 saturated heterocycles. The van der Waals surface area contributed by atoms with Gasteiger partial charge in [0.1, 0.15) is 0 Å². The lowest BCUT2D eigenvalue weighted by atomic mass is 9.81. The molecule has 0 fully saturated rings. The summed E-state index contributed by atoms with van der Waals surface area (Å²) in [6.07, 6.45) is 0. The maximum Gasteiger partial charge on any atom is 0.0585 e. The van der Waals surface area contributed by atoms with Crippen LogP contribution in [0.2, 0.25) is 0 Å². The van der Waals surface area contributed by atoms with E-state index in [4.69, 9.17) is 0 Å². The Kier molecular flexibility index (Phi) is 6.08.